The smallest absolute Gasteiger partial charge is 0.394 e. The van der Waals surface area contributed by atoms with E-state index in [0.29, 0.717) is 0 Å². The van der Waals surface area contributed by atoms with Gasteiger partial charge in [0.05, 0.1) is 18.5 Å². The Hall–Kier alpha value is -1.39. The van der Waals surface area contributed by atoms with Crippen LogP contribution in [-0.2, 0) is 36.8 Å². The van der Waals surface area contributed by atoms with Gasteiger partial charge in [-0.2, -0.15) is 4.31 Å². The average molecular weight is 686 g/mol. The Labute approximate surface area is 231 Å². The average Bonchev–Trinajstić information content (AvgIpc) is 3.14. The highest BCUT2D eigenvalue weighted by Gasteiger charge is 2.50. The van der Waals surface area contributed by atoms with Gasteiger partial charge in [-0.15, -0.1) is 0 Å². The van der Waals surface area contributed by atoms with E-state index in [1.807, 2.05) is 4.98 Å². The molecule has 0 saturated carbocycles. The highest BCUT2D eigenvalue weighted by molar-refractivity contribution is 9.09. The van der Waals surface area contributed by atoms with Gasteiger partial charge in [-0.3, -0.25) is 28.2 Å². The first-order valence-electron chi connectivity index (χ1n) is 11.1. The van der Waals surface area contributed by atoms with E-state index in [1.54, 1.807) is 0 Å². The number of amides is 1. The molecule has 2 fully saturated rings. The zero-order chi connectivity index (χ0) is 30.0. The molecule has 2 saturated heterocycles. The predicted octanol–water partition coefficient (Wildman–Crippen LogP) is -4.27. The van der Waals surface area contributed by atoms with Crippen LogP contribution in [0.2, 0.25) is 0 Å². The summed E-state index contributed by atoms with van der Waals surface area (Å²) in [6.45, 7) is -1.95. The number of nitrogens with zero attached hydrogens (tertiary/aromatic N) is 1. The van der Waals surface area contributed by atoms with Crippen LogP contribution in [0.5, 0.6) is 0 Å². The van der Waals surface area contributed by atoms with Crippen LogP contribution in [0.25, 0.3) is 0 Å². The molecule has 0 bridgehead atoms. The topological polar surface area (TPSA) is 306 Å². The highest BCUT2D eigenvalue weighted by atomic mass is 79.9. The lowest BCUT2D eigenvalue weighted by Gasteiger charge is -2.42. The third-order valence-electron chi connectivity index (χ3n) is 5.64. The molecule has 1 aromatic heterocycles. The van der Waals surface area contributed by atoms with Gasteiger partial charge < -0.3 is 50.1 Å². The number of H-pyrrole nitrogens is 1. The molecule has 3 heterocycles. The number of aliphatic hydroxyl groups excluding tert-OH is 5. The Kier molecular flexibility index (Phi) is 11.0. The van der Waals surface area contributed by atoms with Gasteiger partial charge >= 0.3 is 21.3 Å². The number of phosphoric ester groups is 2. The van der Waals surface area contributed by atoms with Gasteiger partial charge in [0.25, 0.3) is 5.56 Å². The Bertz CT molecular complexity index is 1260. The quantitative estimate of drug-likeness (QED) is 0.0786. The minimum absolute atomic E-state index is 0.309. The lowest BCUT2D eigenvalue weighted by atomic mass is 9.97. The van der Waals surface area contributed by atoms with Crippen LogP contribution in [0.3, 0.4) is 0 Å². The molecule has 2 aliphatic heterocycles. The molecule has 2 unspecified atom stereocenters. The summed E-state index contributed by atoms with van der Waals surface area (Å²) in [5, 5.41) is 51.9. The molecule has 0 radical (unpaired) electrons. The van der Waals surface area contributed by atoms with Crippen molar-refractivity contribution in [2.24, 2.45) is 0 Å². The van der Waals surface area contributed by atoms with E-state index in [9.17, 15) is 58.8 Å². The second-order valence-electron chi connectivity index (χ2n) is 8.42. The van der Waals surface area contributed by atoms with Gasteiger partial charge in [0.2, 0.25) is 5.91 Å². The molecule has 23 heteroatoms. The fourth-order valence-electron chi connectivity index (χ4n) is 3.75. The van der Waals surface area contributed by atoms with Crippen LogP contribution >= 0.6 is 31.6 Å². The summed E-state index contributed by atoms with van der Waals surface area (Å²) < 4.78 is 49.4. The zero-order valence-electron chi connectivity index (χ0n) is 19.9. The number of phosphoric acid groups is 2. The van der Waals surface area contributed by atoms with Crippen LogP contribution in [-0.4, -0.2) is 118 Å². The van der Waals surface area contributed by atoms with Crippen molar-refractivity contribution in [3.8, 4) is 0 Å². The molecule has 0 aliphatic carbocycles. The number of halogens is 1. The van der Waals surface area contributed by atoms with Crippen molar-refractivity contribution in [1.82, 2.24) is 14.9 Å². The summed E-state index contributed by atoms with van der Waals surface area (Å²) in [4.78, 5) is 56.9. The molecule has 1 amide bonds. The molecule has 40 heavy (non-hydrogen) atoms. The van der Waals surface area contributed by atoms with E-state index in [1.165, 1.54) is 0 Å². The molecule has 9 N–H and O–H groups in total. The molecule has 1 aromatic rings. The van der Waals surface area contributed by atoms with Crippen LogP contribution in [0.15, 0.2) is 21.9 Å². The molecular formula is C17H26BrN3O17P2. The number of alkyl halides is 1. The summed E-state index contributed by atoms with van der Waals surface area (Å²) in [6.07, 6.45) is -13.1. The fraction of sp³-hybridized carbons (Fsp3) is 0.706. The highest BCUT2D eigenvalue weighted by Crippen LogP contribution is 2.61. The monoisotopic (exact) mass is 685 g/mol. The Morgan fingerprint density at radius 1 is 1.05 bits per heavy atom. The van der Waals surface area contributed by atoms with Gasteiger partial charge in [0.1, 0.15) is 42.7 Å². The van der Waals surface area contributed by atoms with E-state index in [2.05, 4.69) is 34.6 Å². The number of aromatic amines is 1. The van der Waals surface area contributed by atoms with Crippen molar-refractivity contribution in [3.63, 3.8) is 0 Å². The maximum atomic E-state index is 12.5. The molecule has 228 valence electrons. The minimum atomic E-state index is -5.65. The number of nitrogens with one attached hydrogen (secondary N) is 2. The number of hydrogen-bond acceptors (Lipinski definition) is 15. The molecular weight excluding hydrogens is 660 g/mol. The Balaban J connectivity index is 1.66. The fourth-order valence-corrected chi connectivity index (χ4v) is 6.07. The molecule has 11 atom stereocenters. The molecule has 3 rings (SSSR count). The lowest BCUT2D eigenvalue weighted by Crippen LogP contribution is -2.64. The number of aliphatic hydroxyl groups is 5. The van der Waals surface area contributed by atoms with E-state index in [4.69, 9.17) is 9.47 Å². The lowest BCUT2D eigenvalue weighted by molar-refractivity contribution is -0.247. The van der Waals surface area contributed by atoms with Crippen molar-refractivity contribution in [2.75, 3.05) is 18.5 Å². The van der Waals surface area contributed by atoms with Gasteiger partial charge in [-0.25, -0.2) is 13.9 Å². The van der Waals surface area contributed by atoms with Crippen LogP contribution in [0, 0.1) is 0 Å². The predicted molar refractivity (Wildman–Crippen MR) is 129 cm³/mol. The standard InChI is InChI=1S/C17H26BrN3O17P2/c18-3-9(24)19-10-13(27)11(25)6(4-22)36-16(10)37-40(32,33)38-39(30,31)34-5-7-12(26)14(28)15(35-7)21-2-1-8(23)20-17(21)29/h1-2,6-7,10-16,22,25-28H,3-5H2,(H,19,24)(H,30,31)(H,32,33)(H,20,23,29)/t6-,7-,10-,11+,12-,13-,14-,15-,16-/m1/s1. The summed E-state index contributed by atoms with van der Waals surface area (Å²) in [5.74, 6) is -0.791. The maximum absolute atomic E-state index is 12.5. The molecule has 0 aromatic carbocycles. The molecule has 0 spiro atoms. The number of carbonyl (C=O) groups excluding carboxylic acids is 1. The second-order valence-corrected chi connectivity index (χ2v) is 12.0. The second kappa shape index (κ2) is 13.3. The van der Waals surface area contributed by atoms with Gasteiger partial charge in [0.15, 0.2) is 12.5 Å². The minimum Gasteiger partial charge on any atom is -0.394 e. The third kappa shape index (κ3) is 7.91. The van der Waals surface area contributed by atoms with Gasteiger partial charge in [0, 0.05) is 12.3 Å². The van der Waals surface area contributed by atoms with E-state index >= 15 is 0 Å². The summed E-state index contributed by atoms with van der Waals surface area (Å²) in [7, 11) is -11.2. The van der Waals surface area contributed by atoms with Crippen molar-refractivity contribution in [3.05, 3.63) is 33.1 Å². The van der Waals surface area contributed by atoms with Crippen molar-refractivity contribution in [1.29, 1.82) is 0 Å². The van der Waals surface area contributed by atoms with E-state index < -0.39 is 101 Å². The first-order valence-corrected chi connectivity index (χ1v) is 15.2. The number of aromatic nitrogens is 2. The van der Waals surface area contributed by atoms with Gasteiger partial charge in [-0.05, 0) is 0 Å². The molecule has 2 aliphatic rings. The third-order valence-corrected chi connectivity index (χ3v) is 8.75. The number of ether oxygens (including phenoxy) is 2. The normalized spacial score (nSPS) is 35.5. The summed E-state index contributed by atoms with van der Waals surface area (Å²) in [5.41, 5.74) is -1.76. The zero-order valence-corrected chi connectivity index (χ0v) is 23.3. The Morgan fingerprint density at radius 2 is 1.70 bits per heavy atom. The largest absolute Gasteiger partial charge is 0.483 e. The van der Waals surface area contributed by atoms with Crippen molar-refractivity contribution in [2.45, 2.75) is 55.2 Å². The number of hydrogen-bond donors (Lipinski definition) is 9. The van der Waals surface area contributed by atoms with E-state index in [0.717, 1.165) is 16.8 Å². The Morgan fingerprint density at radius 3 is 2.30 bits per heavy atom. The first kappa shape index (κ1) is 33.1. The van der Waals surface area contributed by atoms with Crippen molar-refractivity contribution >= 4 is 37.5 Å². The molecule has 20 nitrogen and oxygen atoms in total. The van der Waals surface area contributed by atoms with Crippen LogP contribution < -0.4 is 16.6 Å². The van der Waals surface area contributed by atoms with Crippen LogP contribution in [0.4, 0.5) is 0 Å². The maximum Gasteiger partial charge on any atom is 0.483 e. The number of rotatable bonds is 11. The first-order chi connectivity index (χ1) is 18.6. The van der Waals surface area contributed by atoms with Gasteiger partial charge in [-0.1, -0.05) is 15.9 Å². The van der Waals surface area contributed by atoms with Crippen molar-refractivity contribution < 1.29 is 72.1 Å². The SMILES string of the molecule is O=C(CBr)N[C@H]1[C@@H](OP(=O)(O)OP(=O)(O)OC[C@H]2O[C@@H](n3ccc(=O)[nH]c3=O)[C@H](O)[C@@H]2O)O[C@H](CO)[C@H](O)[C@@H]1O. The summed E-state index contributed by atoms with van der Waals surface area (Å²) in [6, 6.07) is -0.793. The number of carbonyl (C=O) groups is 1. The summed E-state index contributed by atoms with van der Waals surface area (Å²) >= 11 is 2.83. The van der Waals surface area contributed by atoms with E-state index in [-0.39, 0.29) is 5.33 Å². The van der Waals surface area contributed by atoms with Crippen LogP contribution in [0.1, 0.15) is 6.23 Å².